The van der Waals surface area contributed by atoms with Gasteiger partial charge in [-0.05, 0) is 0 Å². The van der Waals surface area contributed by atoms with E-state index in [9.17, 15) is 9.59 Å². The summed E-state index contributed by atoms with van der Waals surface area (Å²) in [4.78, 5) is 21.4. The molecule has 0 radical (unpaired) electrons. The Morgan fingerprint density at radius 1 is 1.78 bits per heavy atom. The summed E-state index contributed by atoms with van der Waals surface area (Å²) >= 11 is 0. The Balaban J connectivity index is 3.26. The molecule has 0 aliphatic carbocycles. The molecule has 0 spiro atoms. The Kier molecular flexibility index (Phi) is 3.43. The number of nitrogens with zero attached hydrogens (tertiary/aromatic N) is 1. The number of rotatable bonds is 4. The number of nitrogens with two attached hydrogens (primary N) is 1. The molecule has 0 atom stereocenters. The fraction of sp³-hybridized carbons (Fsp3) is 0.600. The first-order chi connectivity index (χ1) is 4.16. The zero-order valence-electron chi connectivity index (χ0n) is 5.33. The van der Waals surface area contributed by atoms with Crippen molar-refractivity contribution in [2.24, 2.45) is 5.73 Å². The van der Waals surface area contributed by atoms with Gasteiger partial charge < -0.3 is 10.6 Å². The first-order valence-electron chi connectivity index (χ1n) is 2.60. The molecule has 0 aliphatic heterocycles. The lowest BCUT2D eigenvalue weighted by Gasteiger charge is -2.06. The molecule has 0 rings (SSSR count). The van der Waals surface area contributed by atoms with Gasteiger partial charge in [0.2, 0.25) is 12.3 Å². The molecule has 0 saturated heterocycles. The number of primary amides is 1. The van der Waals surface area contributed by atoms with Crippen LogP contribution < -0.4 is 5.73 Å². The van der Waals surface area contributed by atoms with E-state index >= 15 is 0 Å². The van der Waals surface area contributed by atoms with E-state index in [1.807, 2.05) is 0 Å². The molecular weight excluding hydrogens is 120 g/mol. The van der Waals surface area contributed by atoms with Gasteiger partial charge in [0.25, 0.3) is 0 Å². The molecule has 0 heterocycles. The standard InChI is InChI=1S/C5H10N2O2/c1-7(4-8)3-2-5(6)9/h4H,2-3H2,1H3,(H2,6,9). The SMILES string of the molecule is CN(C=O)CCC(N)=O. The van der Waals surface area contributed by atoms with E-state index in [4.69, 9.17) is 5.73 Å². The summed E-state index contributed by atoms with van der Waals surface area (Å²) in [5.74, 6) is -0.385. The monoisotopic (exact) mass is 130 g/mol. The van der Waals surface area contributed by atoms with Crippen molar-refractivity contribution < 1.29 is 9.59 Å². The van der Waals surface area contributed by atoms with Gasteiger partial charge in [-0.15, -0.1) is 0 Å². The van der Waals surface area contributed by atoms with Crippen LogP contribution >= 0.6 is 0 Å². The van der Waals surface area contributed by atoms with Gasteiger partial charge in [-0.25, -0.2) is 0 Å². The second-order valence-corrected chi connectivity index (χ2v) is 1.80. The molecule has 0 bridgehead atoms. The average molecular weight is 130 g/mol. The highest BCUT2D eigenvalue weighted by molar-refractivity contribution is 5.74. The molecule has 0 unspecified atom stereocenters. The maximum Gasteiger partial charge on any atom is 0.219 e. The largest absolute Gasteiger partial charge is 0.370 e. The van der Waals surface area contributed by atoms with Crippen LogP contribution in [0, 0.1) is 0 Å². The first-order valence-corrected chi connectivity index (χ1v) is 2.60. The van der Waals surface area contributed by atoms with Crippen molar-refractivity contribution in [2.45, 2.75) is 6.42 Å². The van der Waals surface area contributed by atoms with Crippen LogP contribution in [0.25, 0.3) is 0 Å². The van der Waals surface area contributed by atoms with Gasteiger partial charge in [-0.2, -0.15) is 0 Å². The molecule has 0 fully saturated rings. The van der Waals surface area contributed by atoms with Crippen LogP contribution in [0.3, 0.4) is 0 Å². The second-order valence-electron chi connectivity index (χ2n) is 1.80. The smallest absolute Gasteiger partial charge is 0.219 e. The van der Waals surface area contributed by atoms with Gasteiger partial charge in [-0.3, -0.25) is 9.59 Å². The Labute approximate surface area is 53.6 Å². The molecule has 9 heavy (non-hydrogen) atoms. The van der Waals surface area contributed by atoms with Crippen molar-refractivity contribution in [3.8, 4) is 0 Å². The molecule has 0 aliphatic rings. The van der Waals surface area contributed by atoms with Crippen molar-refractivity contribution in [3.63, 3.8) is 0 Å². The zero-order chi connectivity index (χ0) is 7.28. The van der Waals surface area contributed by atoms with E-state index in [-0.39, 0.29) is 12.3 Å². The van der Waals surface area contributed by atoms with Crippen LogP contribution in [0.1, 0.15) is 6.42 Å². The highest BCUT2D eigenvalue weighted by Gasteiger charge is 1.95. The third-order valence-electron chi connectivity index (χ3n) is 0.891. The minimum absolute atomic E-state index is 0.231. The van der Waals surface area contributed by atoms with Crippen molar-refractivity contribution in [3.05, 3.63) is 0 Å². The Hall–Kier alpha value is -1.06. The molecule has 52 valence electrons. The maximum absolute atomic E-state index is 10.1. The predicted molar refractivity (Wildman–Crippen MR) is 32.5 cm³/mol. The number of amides is 2. The topological polar surface area (TPSA) is 63.4 Å². The Morgan fingerprint density at radius 2 is 2.33 bits per heavy atom. The summed E-state index contributed by atoms with van der Waals surface area (Å²) in [5, 5.41) is 0. The number of carbonyl (C=O) groups is 2. The van der Waals surface area contributed by atoms with Gasteiger partial charge in [-0.1, -0.05) is 0 Å². The molecule has 0 saturated carbocycles. The van der Waals surface area contributed by atoms with Crippen LogP contribution in [-0.2, 0) is 9.59 Å². The van der Waals surface area contributed by atoms with Crippen molar-refractivity contribution >= 4 is 12.3 Å². The number of hydrogen-bond acceptors (Lipinski definition) is 2. The van der Waals surface area contributed by atoms with Crippen LogP contribution in [0.4, 0.5) is 0 Å². The lowest BCUT2D eigenvalue weighted by Crippen LogP contribution is -2.22. The molecule has 0 aromatic carbocycles. The average Bonchev–Trinajstić information content (AvgIpc) is 1.83. The van der Waals surface area contributed by atoms with Crippen LogP contribution in [-0.4, -0.2) is 30.8 Å². The molecule has 2 N–H and O–H groups in total. The summed E-state index contributed by atoms with van der Waals surface area (Å²) in [6.07, 6.45) is 0.887. The fourth-order valence-corrected chi connectivity index (χ4v) is 0.339. The maximum atomic E-state index is 10.1. The van der Waals surface area contributed by atoms with Gasteiger partial charge in [0.1, 0.15) is 0 Å². The highest BCUT2D eigenvalue weighted by Crippen LogP contribution is 1.79. The third kappa shape index (κ3) is 4.80. The Bertz CT molecular complexity index is 114. The second kappa shape index (κ2) is 3.88. The van der Waals surface area contributed by atoms with Crippen molar-refractivity contribution in [1.82, 2.24) is 4.90 Å². The number of carbonyl (C=O) groups excluding carboxylic acids is 2. The van der Waals surface area contributed by atoms with E-state index in [1.54, 1.807) is 7.05 Å². The van der Waals surface area contributed by atoms with Gasteiger partial charge >= 0.3 is 0 Å². The summed E-state index contributed by atoms with van der Waals surface area (Å²) in [5.41, 5.74) is 4.81. The fourth-order valence-electron chi connectivity index (χ4n) is 0.339. The van der Waals surface area contributed by atoms with Crippen LogP contribution in [0.15, 0.2) is 0 Å². The first kappa shape index (κ1) is 7.94. The molecule has 0 aromatic heterocycles. The normalized spacial score (nSPS) is 8.56. The molecule has 2 amide bonds. The zero-order valence-corrected chi connectivity index (χ0v) is 5.33. The van der Waals surface area contributed by atoms with Gasteiger partial charge in [0.15, 0.2) is 0 Å². The van der Waals surface area contributed by atoms with Crippen molar-refractivity contribution in [2.75, 3.05) is 13.6 Å². The quantitative estimate of drug-likeness (QED) is 0.493. The minimum atomic E-state index is -0.385. The van der Waals surface area contributed by atoms with E-state index in [0.29, 0.717) is 13.0 Å². The molecule has 4 nitrogen and oxygen atoms in total. The third-order valence-corrected chi connectivity index (χ3v) is 0.891. The molecular formula is C5H10N2O2. The van der Waals surface area contributed by atoms with E-state index in [2.05, 4.69) is 0 Å². The van der Waals surface area contributed by atoms with Crippen LogP contribution in [0.2, 0.25) is 0 Å². The molecule has 0 aromatic rings. The summed E-state index contributed by atoms with van der Waals surface area (Å²) in [6, 6.07) is 0. The lowest BCUT2D eigenvalue weighted by molar-refractivity contribution is -0.120. The van der Waals surface area contributed by atoms with E-state index in [0.717, 1.165) is 0 Å². The van der Waals surface area contributed by atoms with Gasteiger partial charge in [0, 0.05) is 20.0 Å². The predicted octanol–water partition coefficient (Wildman–Crippen LogP) is -1.05. The summed E-state index contributed by atoms with van der Waals surface area (Å²) in [7, 11) is 1.59. The van der Waals surface area contributed by atoms with Gasteiger partial charge in [0.05, 0.1) is 0 Å². The molecule has 4 heteroatoms. The van der Waals surface area contributed by atoms with Crippen molar-refractivity contribution in [1.29, 1.82) is 0 Å². The van der Waals surface area contributed by atoms with Crippen LogP contribution in [0.5, 0.6) is 0 Å². The Morgan fingerprint density at radius 3 is 2.67 bits per heavy atom. The van der Waals surface area contributed by atoms with E-state index in [1.165, 1.54) is 4.90 Å². The summed E-state index contributed by atoms with van der Waals surface area (Å²) < 4.78 is 0. The van der Waals surface area contributed by atoms with E-state index < -0.39 is 0 Å². The number of hydrogen-bond donors (Lipinski definition) is 1. The minimum Gasteiger partial charge on any atom is -0.370 e. The highest BCUT2D eigenvalue weighted by atomic mass is 16.1. The summed E-state index contributed by atoms with van der Waals surface area (Å²) in [6.45, 7) is 0.402. The lowest BCUT2D eigenvalue weighted by atomic mass is 10.4.